The van der Waals surface area contributed by atoms with Crippen LogP contribution in [0, 0.1) is 13.8 Å². The molecule has 0 radical (unpaired) electrons. The zero-order valence-corrected chi connectivity index (χ0v) is 20.0. The molecule has 2 aromatic carbocycles. The van der Waals surface area contributed by atoms with E-state index in [2.05, 4.69) is 10.1 Å². The Morgan fingerprint density at radius 3 is 2.56 bits per heavy atom. The van der Waals surface area contributed by atoms with Crippen molar-refractivity contribution in [3.63, 3.8) is 0 Å². The highest BCUT2D eigenvalue weighted by molar-refractivity contribution is 8.18. The lowest BCUT2D eigenvalue weighted by Crippen LogP contribution is -2.34. The van der Waals surface area contributed by atoms with E-state index in [0.717, 1.165) is 33.5 Å². The standard InChI is InChI=1S/C24H24N2O7S/c1-14-6-5-7-17(15(14)2)25-21(27)13-33-18-9-8-16(10-19(18)31-3)11-20-23(29)26(24(30)34-20)12-22(28)32-4/h5-11H,12-13H2,1-4H3,(H,25,27)/b20-11-. The number of carbonyl (C=O) groups excluding carboxylic acids is 4. The summed E-state index contributed by atoms with van der Waals surface area (Å²) in [5, 5.41) is 2.27. The van der Waals surface area contributed by atoms with Gasteiger partial charge in [-0.15, -0.1) is 0 Å². The number of nitrogens with zero attached hydrogens (tertiary/aromatic N) is 1. The molecule has 34 heavy (non-hydrogen) atoms. The summed E-state index contributed by atoms with van der Waals surface area (Å²) in [5.74, 6) is -0.896. The molecule has 3 amide bonds. The number of anilines is 1. The summed E-state index contributed by atoms with van der Waals surface area (Å²) in [4.78, 5) is 49.3. The third-order valence-corrected chi connectivity index (χ3v) is 6.02. The molecule has 0 unspecified atom stereocenters. The van der Waals surface area contributed by atoms with E-state index in [1.165, 1.54) is 20.3 Å². The second kappa shape index (κ2) is 10.9. The molecule has 2 aromatic rings. The maximum atomic E-state index is 12.5. The van der Waals surface area contributed by atoms with Crippen LogP contribution >= 0.6 is 11.8 Å². The Kier molecular flexibility index (Phi) is 7.95. The molecule has 0 spiro atoms. The number of imide groups is 1. The number of hydrogen-bond acceptors (Lipinski definition) is 8. The van der Waals surface area contributed by atoms with Crippen LogP contribution in [0.4, 0.5) is 10.5 Å². The summed E-state index contributed by atoms with van der Waals surface area (Å²) in [6.45, 7) is 3.22. The van der Waals surface area contributed by atoms with E-state index in [4.69, 9.17) is 9.47 Å². The third kappa shape index (κ3) is 5.76. The predicted octanol–water partition coefficient (Wildman–Crippen LogP) is 3.54. The minimum atomic E-state index is -0.687. The fourth-order valence-corrected chi connectivity index (χ4v) is 3.93. The molecule has 1 aliphatic heterocycles. The van der Waals surface area contributed by atoms with E-state index in [1.807, 2.05) is 32.0 Å². The second-order valence-electron chi connectivity index (χ2n) is 7.34. The van der Waals surface area contributed by atoms with Gasteiger partial charge in [-0.1, -0.05) is 18.2 Å². The highest BCUT2D eigenvalue weighted by atomic mass is 32.2. The second-order valence-corrected chi connectivity index (χ2v) is 8.33. The first-order valence-corrected chi connectivity index (χ1v) is 11.0. The Hall–Kier alpha value is -3.79. The average molecular weight is 485 g/mol. The molecule has 0 atom stereocenters. The number of amides is 3. The highest BCUT2D eigenvalue weighted by Gasteiger charge is 2.36. The van der Waals surface area contributed by atoms with Crippen LogP contribution < -0.4 is 14.8 Å². The van der Waals surface area contributed by atoms with Gasteiger partial charge in [-0.25, -0.2) is 0 Å². The number of esters is 1. The number of rotatable bonds is 8. The molecule has 0 aliphatic carbocycles. The van der Waals surface area contributed by atoms with Gasteiger partial charge in [-0.2, -0.15) is 0 Å². The lowest BCUT2D eigenvalue weighted by atomic mass is 10.1. The molecule has 178 valence electrons. The molecule has 0 aromatic heterocycles. The van der Waals surface area contributed by atoms with Crippen LogP contribution in [0.15, 0.2) is 41.3 Å². The van der Waals surface area contributed by atoms with E-state index in [1.54, 1.807) is 18.2 Å². The van der Waals surface area contributed by atoms with E-state index in [0.29, 0.717) is 17.1 Å². The van der Waals surface area contributed by atoms with E-state index in [-0.39, 0.29) is 17.4 Å². The van der Waals surface area contributed by atoms with Gasteiger partial charge in [0.1, 0.15) is 6.54 Å². The van der Waals surface area contributed by atoms with Crippen molar-refractivity contribution in [2.24, 2.45) is 0 Å². The topological polar surface area (TPSA) is 111 Å². The average Bonchev–Trinajstić information content (AvgIpc) is 3.08. The van der Waals surface area contributed by atoms with Crippen molar-refractivity contribution < 1.29 is 33.4 Å². The van der Waals surface area contributed by atoms with E-state index in [9.17, 15) is 19.2 Å². The largest absolute Gasteiger partial charge is 0.493 e. The Morgan fingerprint density at radius 1 is 1.09 bits per heavy atom. The highest BCUT2D eigenvalue weighted by Crippen LogP contribution is 2.34. The summed E-state index contributed by atoms with van der Waals surface area (Å²) in [5.41, 5.74) is 3.34. The number of nitrogens with one attached hydrogen (secondary N) is 1. The number of thioether (sulfide) groups is 1. The van der Waals surface area contributed by atoms with E-state index < -0.39 is 23.7 Å². The molecule has 1 N–H and O–H groups in total. The first-order chi connectivity index (χ1) is 16.2. The molecule has 1 heterocycles. The Balaban J connectivity index is 1.68. The van der Waals surface area contributed by atoms with Gasteiger partial charge in [0, 0.05) is 5.69 Å². The van der Waals surface area contributed by atoms with Crippen LogP contribution in [0.5, 0.6) is 11.5 Å². The molecule has 0 saturated carbocycles. The van der Waals surface area contributed by atoms with Crippen molar-refractivity contribution >= 4 is 46.5 Å². The molecule has 3 rings (SSSR count). The van der Waals surface area contributed by atoms with Gasteiger partial charge >= 0.3 is 5.97 Å². The van der Waals surface area contributed by atoms with Crippen LogP contribution in [0.25, 0.3) is 6.08 Å². The Morgan fingerprint density at radius 2 is 1.85 bits per heavy atom. The van der Waals surface area contributed by atoms with Gasteiger partial charge in [0.15, 0.2) is 18.1 Å². The van der Waals surface area contributed by atoms with Crippen LogP contribution in [0.2, 0.25) is 0 Å². The quantitative estimate of drug-likeness (QED) is 0.447. The third-order valence-electron chi connectivity index (χ3n) is 5.11. The summed E-state index contributed by atoms with van der Waals surface area (Å²) in [7, 11) is 2.63. The maximum absolute atomic E-state index is 12.5. The van der Waals surface area contributed by atoms with Crippen molar-refractivity contribution in [1.29, 1.82) is 0 Å². The Labute approximate surface area is 201 Å². The zero-order valence-electron chi connectivity index (χ0n) is 19.2. The normalized spacial score (nSPS) is 14.4. The smallest absolute Gasteiger partial charge is 0.325 e. The van der Waals surface area contributed by atoms with Crippen molar-refractivity contribution in [1.82, 2.24) is 4.90 Å². The van der Waals surface area contributed by atoms with Gasteiger partial charge in [0.05, 0.1) is 19.1 Å². The van der Waals surface area contributed by atoms with Crippen molar-refractivity contribution in [3.8, 4) is 11.5 Å². The first-order valence-electron chi connectivity index (χ1n) is 10.2. The minimum Gasteiger partial charge on any atom is -0.493 e. The van der Waals surface area contributed by atoms with Gasteiger partial charge in [-0.05, 0) is 66.6 Å². The SMILES string of the molecule is COC(=O)CN1C(=O)S/C(=C\c2ccc(OCC(=O)Nc3cccc(C)c3C)c(OC)c2)C1=O. The van der Waals surface area contributed by atoms with Crippen LogP contribution in [0.1, 0.15) is 16.7 Å². The first kappa shape index (κ1) is 24.8. The zero-order chi connectivity index (χ0) is 24.8. The number of ether oxygens (including phenoxy) is 3. The van der Waals surface area contributed by atoms with Crippen molar-refractivity contribution in [2.45, 2.75) is 13.8 Å². The number of methoxy groups -OCH3 is 2. The number of aryl methyl sites for hydroxylation is 1. The Bertz CT molecular complexity index is 1180. The summed E-state index contributed by atoms with van der Waals surface area (Å²) in [6.07, 6.45) is 1.52. The monoisotopic (exact) mass is 484 g/mol. The van der Waals surface area contributed by atoms with Crippen LogP contribution in [0.3, 0.4) is 0 Å². The summed E-state index contributed by atoms with van der Waals surface area (Å²) < 4.78 is 15.5. The van der Waals surface area contributed by atoms with Crippen molar-refractivity contribution in [2.75, 3.05) is 32.7 Å². The number of benzene rings is 2. The maximum Gasteiger partial charge on any atom is 0.325 e. The molecule has 9 nitrogen and oxygen atoms in total. The molecule has 10 heteroatoms. The van der Waals surface area contributed by atoms with E-state index >= 15 is 0 Å². The van der Waals surface area contributed by atoms with Gasteiger partial charge in [-0.3, -0.25) is 24.1 Å². The number of hydrogen-bond donors (Lipinski definition) is 1. The fourth-order valence-electron chi connectivity index (χ4n) is 3.09. The van der Waals surface area contributed by atoms with Gasteiger partial charge in [0.25, 0.3) is 17.1 Å². The molecule has 1 aliphatic rings. The van der Waals surface area contributed by atoms with Gasteiger partial charge < -0.3 is 19.5 Å². The molecular formula is C24H24N2O7S. The molecule has 0 bridgehead atoms. The minimum absolute atomic E-state index is 0.164. The summed E-state index contributed by atoms with van der Waals surface area (Å²) >= 11 is 0.730. The summed E-state index contributed by atoms with van der Waals surface area (Å²) in [6, 6.07) is 10.5. The van der Waals surface area contributed by atoms with Gasteiger partial charge in [0.2, 0.25) is 0 Å². The molecule has 1 saturated heterocycles. The van der Waals surface area contributed by atoms with Crippen molar-refractivity contribution in [3.05, 3.63) is 58.0 Å². The fraction of sp³-hybridized carbons (Fsp3) is 0.250. The number of carbonyl (C=O) groups is 4. The molecule has 1 fully saturated rings. The predicted molar refractivity (Wildman–Crippen MR) is 128 cm³/mol. The molecular weight excluding hydrogens is 460 g/mol. The lowest BCUT2D eigenvalue weighted by Gasteiger charge is -2.13. The van der Waals surface area contributed by atoms with Crippen LogP contribution in [-0.4, -0.2) is 55.3 Å². The van der Waals surface area contributed by atoms with Crippen LogP contribution in [-0.2, 0) is 19.1 Å². The lowest BCUT2D eigenvalue weighted by molar-refractivity contribution is -0.143.